The number of nitrogens with one attached hydrogen (secondary N) is 2. The van der Waals surface area contributed by atoms with Gasteiger partial charge in [0, 0.05) is 0 Å². The molecule has 1 atom stereocenters. The predicted molar refractivity (Wildman–Crippen MR) is 104 cm³/mol. The zero-order valence-electron chi connectivity index (χ0n) is 15.5. The Kier molecular flexibility index (Phi) is 4.86. The highest BCUT2D eigenvalue weighted by atomic mass is 19.1. The predicted octanol–water partition coefficient (Wildman–Crippen LogP) is 1.87. The number of rotatable bonds is 5. The van der Waals surface area contributed by atoms with Crippen molar-refractivity contribution in [3.05, 3.63) is 88.2 Å². The Morgan fingerprint density at radius 2 is 2.03 bits per heavy atom. The van der Waals surface area contributed by atoms with Crippen molar-refractivity contribution in [1.29, 1.82) is 0 Å². The van der Waals surface area contributed by atoms with E-state index in [4.69, 9.17) is 0 Å². The monoisotopic (exact) mass is 392 g/mol. The maximum atomic E-state index is 13.5. The largest absolute Gasteiger partial charge is 0.340 e. The molecule has 1 amide bonds. The molecule has 8 nitrogen and oxygen atoms in total. The van der Waals surface area contributed by atoms with Gasteiger partial charge in [-0.15, -0.1) is 0 Å². The van der Waals surface area contributed by atoms with E-state index in [0.717, 1.165) is 16.2 Å². The molecule has 4 rings (SSSR count). The molecular weight excluding hydrogens is 375 g/mol. The van der Waals surface area contributed by atoms with E-state index in [1.807, 2.05) is 30.3 Å². The molecule has 0 saturated carbocycles. The molecule has 0 bridgehead atoms. The van der Waals surface area contributed by atoms with Crippen molar-refractivity contribution >= 4 is 16.8 Å². The zero-order valence-corrected chi connectivity index (χ0v) is 15.5. The summed E-state index contributed by atoms with van der Waals surface area (Å²) in [5.74, 6) is 0.0592. The van der Waals surface area contributed by atoms with Gasteiger partial charge in [0.1, 0.15) is 24.2 Å². The molecule has 0 aliphatic carbocycles. The lowest BCUT2D eigenvalue weighted by molar-refractivity contribution is -0.122. The van der Waals surface area contributed by atoms with Crippen molar-refractivity contribution in [2.75, 3.05) is 0 Å². The first-order chi connectivity index (χ1) is 14.0. The molecule has 29 heavy (non-hydrogen) atoms. The van der Waals surface area contributed by atoms with Crippen LogP contribution in [0.5, 0.6) is 0 Å². The number of hydrogen-bond acceptors (Lipinski definition) is 5. The molecular formula is C20H17FN6O2. The lowest BCUT2D eigenvalue weighted by Gasteiger charge is -2.17. The Balaban J connectivity index is 1.61. The van der Waals surface area contributed by atoms with Crippen molar-refractivity contribution in [1.82, 2.24) is 30.0 Å². The summed E-state index contributed by atoms with van der Waals surface area (Å²) in [7, 11) is 0. The number of halogens is 1. The number of nitrogens with zero attached hydrogens (tertiary/aromatic N) is 4. The van der Waals surface area contributed by atoms with Crippen LogP contribution in [0.4, 0.5) is 4.39 Å². The number of carbonyl (C=O) groups is 1. The molecule has 0 saturated heterocycles. The molecule has 0 radical (unpaired) electrons. The Morgan fingerprint density at radius 1 is 1.24 bits per heavy atom. The summed E-state index contributed by atoms with van der Waals surface area (Å²) in [6, 6.07) is 12.4. The lowest BCUT2D eigenvalue weighted by Crippen LogP contribution is -2.35. The SMILES string of the molecule is Cc1nc(C(NC(=O)Cn2cnc3ccc(F)cc3c2=O)c2ccccc2)n[nH]1. The quantitative estimate of drug-likeness (QED) is 0.539. The van der Waals surface area contributed by atoms with E-state index < -0.39 is 23.3 Å². The average molecular weight is 392 g/mol. The second-order valence-electron chi connectivity index (χ2n) is 6.53. The van der Waals surface area contributed by atoms with Crippen LogP contribution in [0, 0.1) is 12.7 Å². The van der Waals surface area contributed by atoms with Gasteiger partial charge in [0.05, 0.1) is 17.2 Å². The van der Waals surface area contributed by atoms with Gasteiger partial charge in [0.15, 0.2) is 5.82 Å². The number of benzene rings is 2. The first kappa shape index (κ1) is 18.5. The lowest BCUT2D eigenvalue weighted by atomic mass is 10.1. The number of aromatic amines is 1. The molecule has 2 heterocycles. The van der Waals surface area contributed by atoms with E-state index in [-0.39, 0.29) is 11.9 Å². The fraction of sp³-hybridized carbons (Fsp3) is 0.150. The van der Waals surface area contributed by atoms with Crippen LogP contribution in [0.25, 0.3) is 10.9 Å². The van der Waals surface area contributed by atoms with E-state index in [0.29, 0.717) is 17.2 Å². The van der Waals surface area contributed by atoms with Crippen molar-refractivity contribution in [3.63, 3.8) is 0 Å². The Morgan fingerprint density at radius 3 is 2.76 bits per heavy atom. The third-order valence-electron chi connectivity index (χ3n) is 4.41. The number of fused-ring (bicyclic) bond motifs is 1. The van der Waals surface area contributed by atoms with Crippen molar-refractivity contribution in [2.45, 2.75) is 19.5 Å². The highest BCUT2D eigenvalue weighted by molar-refractivity contribution is 5.79. The molecule has 2 N–H and O–H groups in total. The average Bonchev–Trinajstić information content (AvgIpc) is 3.15. The van der Waals surface area contributed by atoms with Crippen LogP contribution in [0.15, 0.2) is 59.7 Å². The van der Waals surface area contributed by atoms with Crippen LogP contribution in [0.1, 0.15) is 23.3 Å². The summed E-state index contributed by atoms with van der Waals surface area (Å²) >= 11 is 0. The molecule has 2 aromatic heterocycles. The topological polar surface area (TPSA) is 106 Å². The molecule has 2 aromatic carbocycles. The minimum absolute atomic E-state index is 0.115. The molecule has 0 aliphatic heterocycles. The summed E-state index contributed by atoms with van der Waals surface area (Å²) in [6.45, 7) is 1.49. The van der Waals surface area contributed by atoms with E-state index in [2.05, 4.69) is 25.5 Å². The van der Waals surface area contributed by atoms with Crippen LogP contribution in [-0.4, -0.2) is 30.6 Å². The second kappa shape index (κ2) is 7.63. The standard InChI is InChI=1S/C20H17FN6O2/c1-12-23-19(26-25-12)18(13-5-3-2-4-6-13)24-17(28)10-27-11-22-16-8-7-14(21)9-15(16)20(27)29/h2-9,11,18H,10H2,1H3,(H,24,28)(H,23,25,26). The first-order valence-corrected chi connectivity index (χ1v) is 8.89. The number of hydrogen-bond donors (Lipinski definition) is 2. The fourth-order valence-electron chi connectivity index (χ4n) is 3.04. The fourth-order valence-corrected chi connectivity index (χ4v) is 3.04. The van der Waals surface area contributed by atoms with Crippen LogP contribution in [0.3, 0.4) is 0 Å². The Labute approximate surface area is 164 Å². The van der Waals surface area contributed by atoms with Crippen LogP contribution >= 0.6 is 0 Å². The number of aromatic nitrogens is 5. The second-order valence-corrected chi connectivity index (χ2v) is 6.53. The minimum Gasteiger partial charge on any atom is -0.340 e. The van der Waals surface area contributed by atoms with Gasteiger partial charge in [0.2, 0.25) is 5.91 Å². The third-order valence-corrected chi connectivity index (χ3v) is 4.41. The molecule has 0 fully saturated rings. The summed E-state index contributed by atoms with van der Waals surface area (Å²) in [5, 5.41) is 9.88. The van der Waals surface area contributed by atoms with Gasteiger partial charge in [-0.05, 0) is 30.7 Å². The van der Waals surface area contributed by atoms with Crippen molar-refractivity contribution in [2.24, 2.45) is 0 Å². The van der Waals surface area contributed by atoms with Crippen molar-refractivity contribution < 1.29 is 9.18 Å². The smallest absolute Gasteiger partial charge is 0.261 e. The summed E-state index contributed by atoms with van der Waals surface area (Å²) in [5.41, 5.74) is 0.673. The first-order valence-electron chi connectivity index (χ1n) is 8.89. The molecule has 1 unspecified atom stereocenters. The molecule has 4 aromatic rings. The van der Waals surface area contributed by atoms with Gasteiger partial charge in [-0.2, -0.15) is 5.10 Å². The van der Waals surface area contributed by atoms with Gasteiger partial charge in [-0.3, -0.25) is 19.3 Å². The zero-order chi connectivity index (χ0) is 20.4. The number of aryl methyl sites for hydroxylation is 1. The summed E-state index contributed by atoms with van der Waals surface area (Å²) in [6.07, 6.45) is 1.27. The number of carbonyl (C=O) groups excluding carboxylic acids is 1. The molecule has 0 spiro atoms. The van der Waals surface area contributed by atoms with Crippen LogP contribution in [0.2, 0.25) is 0 Å². The summed E-state index contributed by atoms with van der Waals surface area (Å²) < 4.78 is 14.6. The van der Waals surface area contributed by atoms with Gasteiger partial charge < -0.3 is 5.32 Å². The maximum absolute atomic E-state index is 13.5. The van der Waals surface area contributed by atoms with E-state index in [9.17, 15) is 14.0 Å². The van der Waals surface area contributed by atoms with Gasteiger partial charge in [0.25, 0.3) is 5.56 Å². The maximum Gasteiger partial charge on any atom is 0.261 e. The van der Waals surface area contributed by atoms with Crippen LogP contribution < -0.4 is 10.9 Å². The summed E-state index contributed by atoms with van der Waals surface area (Å²) in [4.78, 5) is 33.7. The van der Waals surface area contributed by atoms with E-state index in [1.165, 1.54) is 18.5 Å². The molecule has 0 aliphatic rings. The minimum atomic E-state index is -0.588. The van der Waals surface area contributed by atoms with E-state index in [1.54, 1.807) is 6.92 Å². The van der Waals surface area contributed by atoms with Gasteiger partial charge in [-0.25, -0.2) is 14.4 Å². The van der Waals surface area contributed by atoms with E-state index >= 15 is 0 Å². The Bertz CT molecular complexity index is 1230. The highest BCUT2D eigenvalue weighted by Gasteiger charge is 2.21. The normalized spacial score (nSPS) is 12.1. The van der Waals surface area contributed by atoms with Gasteiger partial charge >= 0.3 is 0 Å². The Hall–Kier alpha value is -3.88. The number of amides is 1. The molecule has 146 valence electrons. The number of H-pyrrole nitrogens is 1. The van der Waals surface area contributed by atoms with Gasteiger partial charge in [-0.1, -0.05) is 30.3 Å². The third kappa shape index (κ3) is 3.88. The van der Waals surface area contributed by atoms with Crippen LogP contribution in [-0.2, 0) is 11.3 Å². The molecule has 9 heteroatoms. The van der Waals surface area contributed by atoms with Crippen molar-refractivity contribution in [3.8, 4) is 0 Å². The highest BCUT2D eigenvalue weighted by Crippen LogP contribution is 2.18.